The van der Waals surface area contributed by atoms with Crippen molar-refractivity contribution in [1.29, 1.82) is 0 Å². The van der Waals surface area contributed by atoms with Gasteiger partial charge in [0.15, 0.2) is 5.82 Å². The summed E-state index contributed by atoms with van der Waals surface area (Å²) in [6.07, 6.45) is 1.66. The first-order valence-electron chi connectivity index (χ1n) is 5.23. The monoisotopic (exact) mass is 295 g/mol. The van der Waals surface area contributed by atoms with E-state index in [4.69, 9.17) is 0 Å². The van der Waals surface area contributed by atoms with Gasteiger partial charge in [-0.15, -0.1) is 0 Å². The Bertz CT molecular complexity index is 531. The molecular formula is C12H11BrFN3. The zero-order valence-corrected chi connectivity index (χ0v) is 10.8. The number of nitrogens with zero attached hydrogens (tertiary/aromatic N) is 2. The number of nitrogens with one attached hydrogen (secondary N) is 1. The summed E-state index contributed by atoms with van der Waals surface area (Å²) in [5, 5.41) is 3.11. The smallest absolute Gasteiger partial charge is 0.161 e. The lowest BCUT2D eigenvalue weighted by molar-refractivity contribution is 0.628. The molecule has 0 amide bonds. The summed E-state index contributed by atoms with van der Waals surface area (Å²) in [5.74, 6) is 0.921. The molecule has 0 aliphatic carbocycles. The predicted octanol–water partition coefficient (Wildman–Crippen LogP) is 3.48. The van der Waals surface area contributed by atoms with Gasteiger partial charge in [0.05, 0.1) is 4.47 Å². The Morgan fingerprint density at radius 3 is 2.94 bits per heavy atom. The van der Waals surface area contributed by atoms with Gasteiger partial charge in [-0.2, -0.15) is 0 Å². The highest BCUT2D eigenvalue weighted by Gasteiger charge is 2.06. The Balaban J connectivity index is 2.42. The predicted molar refractivity (Wildman–Crippen MR) is 69.3 cm³/mol. The van der Waals surface area contributed by atoms with E-state index >= 15 is 0 Å². The molecule has 0 aliphatic heterocycles. The zero-order chi connectivity index (χ0) is 12.3. The molecule has 0 aliphatic rings. The van der Waals surface area contributed by atoms with E-state index in [9.17, 15) is 4.39 Å². The van der Waals surface area contributed by atoms with E-state index in [2.05, 4.69) is 31.2 Å². The number of anilines is 1. The Labute approximate surface area is 107 Å². The van der Waals surface area contributed by atoms with Gasteiger partial charge in [-0.3, -0.25) is 0 Å². The molecule has 1 aromatic carbocycles. The van der Waals surface area contributed by atoms with E-state index in [1.54, 1.807) is 18.3 Å². The lowest BCUT2D eigenvalue weighted by atomic mass is 10.2. The van der Waals surface area contributed by atoms with Crippen molar-refractivity contribution in [3.05, 3.63) is 40.8 Å². The Kier molecular flexibility index (Phi) is 3.68. The SMILES string of the molecule is CCNc1nc(-c2cccc(F)c2)ncc1Br. The van der Waals surface area contributed by atoms with E-state index in [1.165, 1.54) is 12.1 Å². The summed E-state index contributed by atoms with van der Waals surface area (Å²) in [7, 11) is 0. The van der Waals surface area contributed by atoms with Crippen LogP contribution >= 0.6 is 15.9 Å². The molecule has 1 aromatic heterocycles. The van der Waals surface area contributed by atoms with Crippen molar-refractivity contribution in [3.63, 3.8) is 0 Å². The minimum Gasteiger partial charge on any atom is -0.369 e. The minimum absolute atomic E-state index is 0.293. The highest BCUT2D eigenvalue weighted by molar-refractivity contribution is 9.10. The van der Waals surface area contributed by atoms with E-state index in [0.717, 1.165) is 11.0 Å². The van der Waals surface area contributed by atoms with Crippen LogP contribution in [0.5, 0.6) is 0 Å². The average molecular weight is 296 g/mol. The molecule has 0 unspecified atom stereocenters. The number of benzene rings is 1. The summed E-state index contributed by atoms with van der Waals surface area (Å²) in [6, 6.07) is 6.23. The fraction of sp³-hybridized carbons (Fsp3) is 0.167. The van der Waals surface area contributed by atoms with Crippen LogP contribution in [-0.2, 0) is 0 Å². The molecule has 0 fully saturated rings. The Morgan fingerprint density at radius 2 is 2.24 bits per heavy atom. The fourth-order valence-electron chi connectivity index (χ4n) is 1.43. The third-order valence-electron chi connectivity index (χ3n) is 2.17. The topological polar surface area (TPSA) is 37.8 Å². The lowest BCUT2D eigenvalue weighted by Gasteiger charge is -2.07. The van der Waals surface area contributed by atoms with Crippen molar-refractivity contribution in [3.8, 4) is 11.4 Å². The second kappa shape index (κ2) is 5.23. The molecule has 1 N–H and O–H groups in total. The Morgan fingerprint density at radius 1 is 1.41 bits per heavy atom. The lowest BCUT2D eigenvalue weighted by Crippen LogP contribution is -2.02. The second-order valence-electron chi connectivity index (χ2n) is 3.43. The van der Waals surface area contributed by atoms with Gasteiger partial charge in [0.2, 0.25) is 0 Å². The number of hydrogen-bond donors (Lipinski definition) is 1. The zero-order valence-electron chi connectivity index (χ0n) is 9.24. The van der Waals surface area contributed by atoms with Gasteiger partial charge in [-0.25, -0.2) is 14.4 Å². The largest absolute Gasteiger partial charge is 0.369 e. The first kappa shape index (κ1) is 12.0. The Hall–Kier alpha value is -1.49. The molecule has 0 spiro atoms. The molecule has 5 heteroatoms. The van der Waals surface area contributed by atoms with Gasteiger partial charge in [-0.1, -0.05) is 12.1 Å². The van der Waals surface area contributed by atoms with Crippen LogP contribution in [0.25, 0.3) is 11.4 Å². The van der Waals surface area contributed by atoms with Crippen molar-refractivity contribution in [2.24, 2.45) is 0 Å². The average Bonchev–Trinajstić information content (AvgIpc) is 2.32. The third kappa shape index (κ3) is 2.79. The molecule has 0 bridgehead atoms. The van der Waals surface area contributed by atoms with Gasteiger partial charge in [-0.05, 0) is 35.0 Å². The minimum atomic E-state index is -0.293. The van der Waals surface area contributed by atoms with Crippen LogP contribution in [0.2, 0.25) is 0 Å². The van der Waals surface area contributed by atoms with Crippen LogP contribution in [0.3, 0.4) is 0 Å². The second-order valence-corrected chi connectivity index (χ2v) is 4.29. The number of hydrogen-bond acceptors (Lipinski definition) is 3. The highest BCUT2D eigenvalue weighted by Crippen LogP contribution is 2.23. The van der Waals surface area contributed by atoms with Crippen molar-refractivity contribution < 1.29 is 4.39 Å². The maximum Gasteiger partial charge on any atom is 0.161 e. The van der Waals surface area contributed by atoms with Gasteiger partial charge < -0.3 is 5.32 Å². The first-order valence-corrected chi connectivity index (χ1v) is 6.02. The van der Waals surface area contributed by atoms with Gasteiger partial charge in [0.1, 0.15) is 11.6 Å². The van der Waals surface area contributed by atoms with Crippen molar-refractivity contribution in [1.82, 2.24) is 9.97 Å². The molecule has 0 radical (unpaired) electrons. The van der Waals surface area contributed by atoms with E-state index < -0.39 is 0 Å². The maximum absolute atomic E-state index is 13.1. The normalized spacial score (nSPS) is 10.3. The quantitative estimate of drug-likeness (QED) is 0.942. The molecular weight excluding hydrogens is 285 g/mol. The molecule has 17 heavy (non-hydrogen) atoms. The first-order chi connectivity index (χ1) is 8.20. The number of rotatable bonds is 3. The summed E-state index contributed by atoms with van der Waals surface area (Å²) >= 11 is 3.36. The standard InChI is InChI=1S/C12H11BrFN3/c1-2-15-12-10(13)7-16-11(17-12)8-4-3-5-9(14)6-8/h3-7H,2H2,1H3,(H,15,16,17). The highest BCUT2D eigenvalue weighted by atomic mass is 79.9. The maximum atomic E-state index is 13.1. The molecule has 88 valence electrons. The molecule has 1 heterocycles. The van der Waals surface area contributed by atoms with Crippen LogP contribution in [0.15, 0.2) is 34.9 Å². The van der Waals surface area contributed by atoms with Gasteiger partial charge in [0, 0.05) is 18.3 Å². The van der Waals surface area contributed by atoms with E-state index in [1.807, 2.05) is 6.92 Å². The summed E-state index contributed by atoms with van der Waals surface area (Å²) in [6.45, 7) is 2.74. The van der Waals surface area contributed by atoms with Crippen LogP contribution < -0.4 is 5.32 Å². The number of halogens is 2. The number of aromatic nitrogens is 2. The molecule has 2 aromatic rings. The van der Waals surface area contributed by atoms with Crippen molar-refractivity contribution in [2.75, 3.05) is 11.9 Å². The molecule has 0 atom stereocenters. The van der Waals surface area contributed by atoms with Crippen LogP contribution in [0, 0.1) is 5.82 Å². The fourth-order valence-corrected chi connectivity index (χ4v) is 1.76. The van der Waals surface area contributed by atoms with Crippen LogP contribution in [0.1, 0.15) is 6.92 Å². The van der Waals surface area contributed by atoms with Crippen LogP contribution in [0.4, 0.5) is 10.2 Å². The summed E-state index contributed by atoms with van der Waals surface area (Å²) in [4.78, 5) is 8.51. The van der Waals surface area contributed by atoms with Crippen molar-refractivity contribution >= 4 is 21.7 Å². The van der Waals surface area contributed by atoms with Crippen molar-refractivity contribution in [2.45, 2.75) is 6.92 Å². The molecule has 3 nitrogen and oxygen atoms in total. The van der Waals surface area contributed by atoms with Crippen LogP contribution in [-0.4, -0.2) is 16.5 Å². The summed E-state index contributed by atoms with van der Waals surface area (Å²) < 4.78 is 13.9. The van der Waals surface area contributed by atoms with Gasteiger partial charge >= 0.3 is 0 Å². The van der Waals surface area contributed by atoms with Gasteiger partial charge in [0.25, 0.3) is 0 Å². The van der Waals surface area contributed by atoms with E-state index in [0.29, 0.717) is 17.2 Å². The van der Waals surface area contributed by atoms with E-state index in [-0.39, 0.29) is 5.82 Å². The summed E-state index contributed by atoms with van der Waals surface area (Å²) in [5.41, 5.74) is 0.664. The third-order valence-corrected chi connectivity index (χ3v) is 2.75. The molecule has 0 saturated carbocycles. The molecule has 0 saturated heterocycles. The molecule has 2 rings (SSSR count).